The van der Waals surface area contributed by atoms with Gasteiger partial charge in [-0.05, 0) is 24.8 Å². The number of hydrogen-bond acceptors (Lipinski definition) is 2. The van der Waals surface area contributed by atoms with Gasteiger partial charge in [0.25, 0.3) is 0 Å². The van der Waals surface area contributed by atoms with Crippen LogP contribution in [0.25, 0.3) is 10.8 Å². The predicted molar refractivity (Wildman–Crippen MR) is 56.6 cm³/mol. The molecule has 2 rings (SSSR count). The third-order valence-corrected chi connectivity index (χ3v) is 2.55. The molecule has 0 aliphatic heterocycles. The fourth-order valence-electron chi connectivity index (χ4n) is 1.64. The quantitative estimate of drug-likeness (QED) is 0.639. The number of fused-ring (bicyclic) bond motifs is 1. The zero-order valence-corrected chi connectivity index (χ0v) is 8.24. The molecular weight excluding hydrogens is 174 g/mol. The van der Waals surface area contributed by atoms with Crippen LogP contribution < -0.4 is 0 Å². The minimum absolute atomic E-state index is 0.531. The molecule has 0 unspecified atom stereocenters. The van der Waals surface area contributed by atoms with Crippen molar-refractivity contribution in [2.45, 2.75) is 13.8 Å². The van der Waals surface area contributed by atoms with Crippen molar-refractivity contribution in [2.75, 3.05) is 0 Å². The third-order valence-electron chi connectivity index (χ3n) is 2.55. The maximum absolute atomic E-state index is 10.8. The van der Waals surface area contributed by atoms with Gasteiger partial charge in [-0.25, -0.2) is 4.98 Å². The summed E-state index contributed by atoms with van der Waals surface area (Å²) >= 11 is 0. The molecule has 0 radical (unpaired) electrons. The Kier molecular flexibility index (Phi) is 2.04. The number of carbonyl (C=O) groups is 1. The van der Waals surface area contributed by atoms with Crippen molar-refractivity contribution >= 4 is 17.1 Å². The summed E-state index contributed by atoms with van der Waals surface area (Å²) in [4.78, 5) is 15.1. The van der Waals surface area contributed by atoms with Gasteiger partial charge in [-0.15, -0.1) is 0 Å². The van der Waals surface area contributed by atoms with E-state index in [0.29, 0.717) is 5.69 Å². The van der Waals surface area contributed by atoms with Crippen LogP contribution in [0.3, 0.4) is 0 Å². The van der Waals surface area contributed by atoms with Gasteiger partial charge in [0.05, 0.1) is 0 Å². The third kappa shape index (κ3) is 1.20. The Morgan fingerprint density at radius 3 is 2.43 bits per heavy atom. The molecule has 0 saturated carbocycles. The van der Waals surface area contributed by atoms with E-state index in [2.05, 4.69) is 4.98 Å². The van der Waals surface area contributed by atoms with Gasteiger partial charge < -0.3 is 0 Å². The Labute approximate surface area is 82.6 Å². The molecule has 2 nitrogen and oxygen atoms in total. The lowest BCUT2D eigenvalue weighted by atomic mass is 10.0. The van der Waals surface area contributed by atoms with Crippen LogP contribution in [0.2, 0.25) is 0 Å². The molecule has 1 aromatic carbocycles. The standard InChI is InChI=1S/C12H11NO/c1-8-9(2)13-12(7-14)11-6-4-3-5-10(8)11/h3-7H,1-2H3. The largest absolute Gasteiger partial charge is 0.296 e. The summed E-state index contributed by atoms with van der Waals surface area (Å²) in [6, 6.07) is 7.85. The van der Waals surface area contributed by atoms with E-state index in [1.807, 2.05) is 38.1 Å². The molecule has 0 bridgehead atoms. The van der Waals surface area contributed by atoms with E-state index >= 15 is 0 Å². The van der Waals surface area contributed by atoms with Crippen LogP contribution in [0.4, 0.5) is 0 Å². The van der Waals surface area contributed by atoms with Gasteiger partial charge in [-0.2, -0.15) is 0 Å². The van der Waals surface area contributed by atoms with Crippen LogP contribution in [0.5, 0.6) is 0 Å². The van der Waals surface area contributed by atoms with E-state index in [9.17, 15) is 4.79 Å². The molecule has 0 aliphatic carbocycles. The zero-order chi connectivity index (χ0) is 10.1. The topological polar surface area (TPSA) is 30.0 Å². The first-order chi connectivity index (χ1) is 6.74. The highest BCUT2D eigenvalue weighted by Crippen LogP contribution is 2.21. The van der Waals surface area contributed by atoms with Crippen molar-refractivity contribution < 1.29 is 4.79 Å². The summed E-state index contributed by atoms with van der Waals surface area (Å²) in [5.74, 6) is 0. The molecule has 0 spiro atoms. The number of nitrogens with zero attached hydrogens (tertiary/aromatic N) is 1. The molecule has 1 heterocycles. The van der Waals surface area contributed by atoms with Crippen molar-refractivity contribution in [3.63, 3.8) is 0 Å². The summed E-state index contributed by atoms with van der Waals surface area (Å²) < 4.78 is 0. The van der Waals surface area contributed by atoms with Crippen molar-refractivity contribution in [3.8, 4) is 0 Å². The van der Waals surface area contributed by atoms with Crippen molar-refractivity contribution in [1.29, 1.82) is 0 Å². The van der Waals surface area contributed by atoms with E-state index in [1.165, 1.54) is 0 Å². The number of rotatable bonds is 1. The molecule has 0 saturated heterocycles. The van der Waals surface area contributed by atoms with Crippen LogP contribution >= 0.6 is 0 Å². The van der Waals surface area contributed by atoms with Crippen molar-refractivity contribution in [2.24, 2.45) is 0 Å². The number of carbonyl (C=O) groups excluding carboxylic acids is 1. The van der Waals surface area contributed by atoms with Crippen LogP contribution in [0, 0.1) is 13.8 Å². The molecular formula is C12H11NO. The first-order valence-electron chi connectivity index (χ1n) is 4.55. The SMILES string of the molecule is Cc1nc(C=O)c2ccccc2c1C. The minimum Gasteiger partial charge on any atom is -0.296 e. The molecule has 0 fully saturated rings. The zero-order valence-electron chi connectivity index (χ0n) is 8.24. The number of aromatic nitrogens is 1. The number of aldehydes is 1. The second kappa shape index (κ2) is 3.22. The van der Waals surface area contributed by atoms with Crippen molar-refractivity contribution in [1.82, 2.24) is 4.98 Å². The lowest BCUT2D eigenvalue weighted by Gasteiger charge is -2.06. The highest BCUT2D eigenvalue weighted by Gasteiger charge is 2.06. The number of aryl methyl sites for hydroxylation is 2. The normalized spacial score (nSPS) is 10.4. The van der Waals surface area contributed by atoms with Crippen LogP contribution in [0.1, 0.15) is 21.7 Å². The lowest BCUT2D eigenvalue weighted by Crippen LogP contribution is -1.95. The fourth-order valence-corrected chi connectivity index (χ4v) is 1.64. The maximum atomic E-state index is 10.8. The van der Waals surface area contributed by atoms with Gasteiger partial charge in [0.1, 0.15) is 5.69 Å². The van der Waals surface area contributed by atoms with Gasteiger partial charge in [0.2, 0.25) is 0 Å². The molecule has 0 amide bonds. The average Bonchev–Trinajstić information content (AvgIpc) is 2.23. The smallest absolute Gasteiger partial charge is 0.169 e. The Bertz CT molecular complexity index is 503. The monoisotopic (exact) mass is 185 g/mol. The molecule has 0 atom stereocenters. The van der Waals surface area contributed by atoms with Gasteiger partial charge in [0, 0.05) is 11.1 Å². The molecule has 2 aromatic rings. The highest BCUT2D eigenvalue weighted by atomic mass is 16.1. The second-order valence-electron chi connectivity index (χ2n) is 3.37. The van der Waals surface area contributed by atoms with Crippen molar-refractivity contribution in [3.05, 3.63) is 41.2 Å². The highest BCUT2D eigenvalue weighted by molar-refractivity contribution is 5.97. The molecule has 1 aromatic heterocycles. The lowest BCUT2D eigenvalue weighted by molar-refractivity contribution is 0.112. The summed E-state index contributed by atoms with van der Waals surface area (Å²) in [6.45, 7) is 3.95. The Hall–Kier alpha value is -1.70. The van der Waals surface area contributed by atoms with E-state index in [0.717, 1.165) is 28.3 Å². The van der Waals surface area contributed by atoms with Crippen LogP contribution in [-0.2, 0) is 0 Å². The number of hydrogen-bond donors (Lipinski definition) is 0. The summed E-state index contributed by atoms with van der Waals surface area (Å²) in [5.41, 5.74) is 2.60. The molecule has 0 N–H and O–H groups in total. The van der Waals surface area contributed by atoms with E-state index in [4.69, 9.17) is 0 Å². The fraction of sp³-hybridized carbons (Fsp3) is 0.167. The summed E-state index contributed by atoms with van der Waals surface area (Å²) in [5, 5.41) is 2.05. The number of benzene rings is 1. The van der Waals surface area contributed by atoms with E-state index in [-0.39, 0.29) is 0 Å². The van der Waals surface area contributed by atoms with Crippen LogP contribution in [0.15, 0.2) is 24.3 Å². The first kappa shape index (κ1) is 8.88. The van der Waals surface area contributed by atoms with E-state index < -0.39 is 0 Å². The number of pyridine rings is 1. The van der Waals surface area contributed by atoms with Gasteiger partial charge in [0.15, 0.2) is 6.29 Å². The Morgan fingerprint density at radius 2 is 1.79 bits per heavy atom. The minimum atomic E-state index is 0.531. The van der Waals surface area contributed by atoms with Gasteiger partial charge in [-0.3, -0.25) is 4.79 Å². The van der Waals surface area contributed by atoms with Gasteiger partial charge >= 0.3 is 0 Å². The Balaban J connectivity index is 2.96. The Morgan fingerprint density at radius 1 is 1.14 bits per heavy atom. The second-order valence-corrected chi connectivity index (χ2v) is 3.37. The summed E-state index contributed by atoms with van der Waals surface area (Å²) in [7, 11) is 0. The average molecular weight is 185 g/mol. The maximum Gasteiger partial charge on any atom is 0.169 e. The molecule has 2 heteroatoms. The summed E-state index contributed by atoms with van der Waals surface area (Å²) in [6.07, 6.45) is 0.814. The predicted octanol–water partition coefficient (Wildman–Crippen LogP) is 2.66. The first-order valence-corrected chi connectivity index (χ1v) is 4.55. The van der Waals surface area contributed by atoms with Gasteiger partial charge in [-0.1, -0.05) is 24.3 Å². The van der Waals surface area contributed by atoms with E-state index in [1.54, 1.807) is 0 Å². The molecule has 70 valence electrons. The van der Waals surface area contributed by atoms with Crippen LogP contribution in [-0.4, -0.2) is 11.3 Å². The molecule has 14 heavy (non-hydrogen) atoms. The molecule has 0 aliphatic rings.